The lowest BCUT2D eigenvalue weighted by Gasteiger charge is -2.45. The molecule has 0 unspecified atom stereocenters. The van der Waals surface area contributed by atoms with E-state index in [4.69, 9.17) is 13.6 Å². The van der Waals surface area contributed by atoms with Gasteiger partial charge in [0.15, 0.2) is 16.6 Å². The molecule has 2 heterocycles. The van der Waals surface area contributed by atoms with Crippen LogP contribution in [0.25, 0.3) is 0 Å². The third-order valence-electron chi connectivity index (χ3n) is 8.05. The van der Waals surface area contributed by atoms with Crippen LogP contribution < -0.4 is 11.2 Å². The van der Waals surface area contributed by atoms with Crippen molar-refractivity contribution in [1.29, 1.82) is 0 Å². The van der Waals surface area contributed by atoms with Crippen LogP contribution in [0.3, 0.4) is 0 Å². The van der Waals surface area contributed by atoms with Gasteiger partial charge in [-0.15, -0.1) is 6.58 Å². The molecule has 0 aromatic carbocycles. The van der Waals surface area contributed by atoms with Crippen LogP contribution in [-0.4, -0.2) is 44.5 Å². The molecule has 7 nitrogen and oxygen atoms in total. The molecule has 1 fully saturated rings. The van der Waals surface area contributed by atoms with Gasteiger partial charge in [0.05, 0.1) is 12.7 Å². The van der Waals surface area contributed by atoms with Crippen LogP contribution in [0, 0.1) is 6.92 Å². The van der Waals surface area contributed by atoms with Crippen LogP contribution in [0.4, 0.5) is 0 Å². The number of rotatable bonds is 8. The van der Waals surface area contributed by atoms with Gasteiger partial charge in [0, 0.05) is 18.2 Å². The monoisotopic (exact) mass is 510 g/mol. The lowest BCUT2D eigenvalue weighted by Crippen LogP contribution is -2.54. The zero-order valence-electron chi connectivity index (χ0n) is 23.1. The maximum absolute atomic E-state index is 12.7. The number of aromatic amines is 1. The van der Waals surface area contributed by atoms with Gasteiger partial charge < -0.3 is 13.6 Å². The maximum Gasteiger partial charge on any atom is 0.330 e. The summed E-state index contributed by atoms with van der Waals surface area (Å²) in [5, 5.41) is 0.0554. The number of aryl methyl sites for hydroxylation is 1. The van der Waals surface area contributed by atoms with E-state index >= 15 is 0 Å². The first kappa shape index (κ1) is 29.0. The van der Waals surface area contributed by atoms with E-state index in [2.05, 4.69) is 79.3 Å². The number of aromatic nitrogens is 2. The third-order valence-corrected chi connectivity index (χ3v) is 17.0. The van der Waals surface area contributed by atoms with Crippen molar-refractivity contribution in [3.05, 3.63) is 45.3 Å². The normalized spacial score (nSPS) is 24.4. The molecule has 2 rings (SSSR count). The van der Waals surface area contributed by atoms with Crippen LogP contribution in [0.15, 0.2) is 28.4 Å². The predicted octanol–water partition coefficient (Wildman–Crippen LogP) is 5.49. The van der Waals surface area contributed by atoms with Gasteiger partial charge >= 0.3 is 5.69 Å². The van der Waals surface area contributed by atoms with Crippen molar-refractivity contribution in [3.63, 3.8) is 0 Å². The third kappa shape index (κ3) is 5.92. The van der Waals surface area contributed by atoms with Crippen LogP contribution >= 0.6 is 0 Å². The smallest absolute Gasteiger partial charge is 0.330 e. The second kappa shape index (κ2) is 9.65. The highest BCUT2D eigenvalue weighted by atomic mass is 28.4. The average molecular weight is 511 g/mol. The Morgan fingerprint density at radius 2 is 1.71 bits per heavy atom. The van der Waals surface area contributed by atoms with E-state index in [0.29, 0.717) is 25.0 Å². The van der Waals surface area contributed by atoms with E-state index in [0.717, 1.165) is 0 Å². The van der Waals surface area contributed by atoms with Gasteiger partial charge in [-0.05, 0) is 49.6 Å². The summed E-state index contributed by atoms with van der Waals surface area (Å²) >= 11 is 0. The molecule has 0 saturated carbocycles. The van der Waals surface area contributed by atoms with Gasteiger partial charge in [-0.1, -0.05) is 47.6 Å². The Hall–Kier alpha value is -1.27. The fraction of sp³-hybridized carbons (Fsp3) is 0.760. The summed E-state index contributed by atoms with van der Waals surface area (Å²) in [6.45, 7) is 28.2. The van der Waals surface area contributed by atoms with Crippen molar-refractivity contribution in [1.82, 2.24) is 9.55 Å². The minimum atomic E-state index is -2.17. The first-order chi connectivity index (χ1) is 15.3. The molecular weight excluding hydrogens is 464 g/mol. The van der Waals surface area contributed by atoms with Crippen molar-refractivity contribution in [2.75, 3.05) is 6.61 Å². The topological polar surface area (TPSA) is 82.5 Å². The van der Waals surface area contributed by atoms with Gasteiger partial charge in [-0.25, -0.2) is 4.79 Å². The summed E-state index contributed by atoms with van der Waals surface area (Å²) in [5.41, 5.74) is -1.18. The number of nitrogens with zero attached hydrogens (tertiary/aromatic N) is 1. The van der Waals surface area contributed by atoms with E-state index in [1.165, 1.54) is 4.57 Å². The highest BCUT2D eigenvalue weighted by Gasteiger charge is 2.54. The molecule has 1 aliphatic rings. The van der Waals surface area contributed by atoms with Gasteiger partial charge in [0.2, 0.25) is 0 Å². The molecule has 194 valence electrons. The van der Waals surface area contributed by atoms with Gasteiger partial charge in [0.25, 0.3) is 5.56 Å². The number of hydrogen-bond donors (Lipinski definition) is 1. The molecule has 1 saturated heterocycles. The summed E-state index contributed by atoms with van der Waals surface area (Å²) < 4.78 is 21.8. The van der Waals surface area contributed by atoms with Crippen LogP contribution in [0.2, 0.25) is 36.3 Å². The SMILES string of the molecule is C=CC[C@]1(CO[Si](C)(C)C(C)(C)C)O[C@@H](n2cc(C)c(=O)[nH]c2=O)C[C@@H]1O[Si](C)(C)C(C)(C)C. The number of H-pyrrole nitrogens is 1. The number of hydrogen-bond acceptors (Lipinski definition) is 5. The van der Waals surface area contributed by atoms with Crippen molar-refractivity contribution >= 4 is 16.6 Å². The van der Waals surface area contributed by atoms with Crippen molar-refractivity contribution in [2.24, 2.45) is 0 Å². The maximum atomic E-state index is 12.7. The Kier molecular flexibility index (Phi) is 8.22. The standard InChI is InChI=1S/C25H46N2O5Si2/c1-13-14-25(17-30-33(9,10)23(3,4)5)19(32-34(11,12)24(6,7)8)15-20(31-25)27-16-18(2)21(28)26-22(27)29/h13,16,19-20H,1,14-15,17H2,2-12H3,(H,26,28,29)/t19-,20+,25+/m0/s1. The Labute approximate surface area is 207 Å². The fourth-order valence-corrected chi connectivity index (χ4v) is 5.99. The lowest BCUT2D eigenvalue weighted by atomic mass is 9.94. The van der Waals surface area contributed by atoms with Crippen molar-refractivity contribution in [3.8, 4) is 0 Å². The van der Waals surface area contributed by atoms with Gasteiger partial charge in [-0.2, -0.15) is 0 Å². The second-order valence-corrected chi connectivity index (χ2v) is 22.3. The highest BCUT2D eigenvalue weighted by molar-refractivity contribution is 6.74. The first-order valence-corrected chi connectivity index (χ1v) is 18.0. The van der Waals surface area contributed by atoms with E-state index in [1.807, 2.05) is 6.08 Å². The summed E-state index contributed by atoms with van der Waals surface area (Å²) in [7, 11) is -4.24. The summed E-state index contributed by atoms with van der Waals surface area (Å²) in [5.74, 6) is 0. The summed E-state index contributed by atoms with van der Waals surface area (Å²) in [4.78, 5) is 27.0. The first-order valence-electron chi connectivity index (χ1n) is 12.2. The molecule has 0 aliphatic carbocycles. The molecule has 0 bridgehead atoms. The predicted molar refractivity (Wildman–Crippen MR) is 144 cm³/mol. The Balaban J connectivity index is 2.54. The fourth-order valence-electron chi connectivity index (χ4n) is 3.58. The molecule has 34 heavy (non-hydrogen) atoms. The molecule has 1 aliphatic heterocycles. The molecule has 3 atom stereocenters. The van der Waals surface area contributed by atoms with Crippen molar-refractivity contribution < 1.29 is 13.6 Å². The molecule has 0 radical (unpaired) electrons. The largest absolute Gasteiger partial charge is 0.414 e. The Bertz CT molecular complexity index is 1000. The molecule has 0 amide bonds. The number of ether oxygens (including phenoxy) is 1. The van der Waals surface area contributed by atoms with Gasteiger partial charge in [-0.3, -0.25) is 14.3 Å². The van der Waals surface area contributed by atoms with Crippen molar-refractivity contribution in [2.45, 2.75) is 116 Å². The molecule has 1 aromatic rings. The Morgan fingerprint density at radius 1 is 1.15 bits per heavy atom. The second-order valence-electron chi connectivity index (χ2n) is 12.8. The quantitative estimate of drug-likeness (QED) is 0.369. The molecular formula is C25H46N2O5Si2. The van der Waals surface area contributed by atoms with Crippen LogP contribution in [0.5, 0.6) is 0 Å². The molecule has 1 aromatic heterocycles. The minimum absolute atomic E-state index is 0.0106. The minimum Gasteiger partial charge on any atom is -0.414 e. The molecule has 0 spiro atoms. The zero-order valence-corrected chi connectivity index (χ0v) is 25.1. The van der Waals surface area contributed by atoms with E-state index < -0.39 is 34.2 Å². The lowest BCUT2D eigenvalue weighted by molar-refractivity contribution is -0.121. The van der Waals surface area contributed by atoms with Crippen LogP contribution in [0.1, 0.15) is 66.2 Å². The van der Waals surface area contributed by atoms with Crippen LogP contribution in [-0.2, 0) is 13.6 Å². The summed E-state index contributed by atoms with van der Waals surface area (Å²) in [6.07, 6.45) is 3.61. The molecule has 9 heteroatoms. The van der Waals surface area contributed by atoms with E-state index in [-0.39, 0.29) is 21.7 Å². The van der Waals surface area contributed by atoms with E-state index in [1.54, 1.807) is 13.1 Å². The zero-order chi connectivity index (χ0) is 26.3. The number of nitrogens with one attached hydrogen (secondary N) is 1. The van der Waals surface area contributed by atoms with Gasteiger partial charge in [0.1, 0.15) is 11.8 Å². The highest BCUT2D eigenvalue weighted by Crippen LogP contribution is 2.47. The Morgan fingerprint density at radius 3 is 2.21 bits per heavy atom. The average Bonchev–Trinajstić information content (AvgIpc) is 2.99. The summed E-state index contributed by atoms with van der Waals surface area (Å²) in [6, 6.07) is 0. The molecule has 1 N–H and O–H groups in total. The van der Waals surface area contributed by atoms with E-state index in [9.17, 15) is 9.59 Å².